The summed E-state index contributed by atoms with van der Waals surface area (Å²) in [6, 6.07) is 0. The van der Waals surface area contributed by atoms with Crippen LogP contribution in [0.3, 0.4) is 0 Å². The van der Waals surface area contributed by atoms with Gasteiger partial charge in [-0.15, -0.1) is 0 Å². The second-order valence-corrected chi connectivity index (χ2v) is 19.6. The van der Waals surface area contributed by atoms with E-state index in [0.29, 0.717) is 57.2 Å². The summed E-state index contributed by atoms with van der Waals surface area (Å²) in [5.41, 5.74) is 0.827. The highest BCUT2D eigenvalue weighted by Gasteiger charge is 2.36. The summed E-state index contributed by atoms with van der Waals surface area (Å²) < 4.78 is 53.2. The molecule has 72 heavy (non-hydrogen) atoms. The van der Waals surface area contributed by atoms with E-state index >= 15 is 0 Å². The molecule has 13 atom stereocenters. The third-order valence-corrected chi connectivity index (χ3v) is 13.5. The molecule has 2 aliphatic rings. The van der Waals surface area contributed by atoms with Gasteiger partial charge in [-0.05, 0) is 43.8 Å². The van der Waals surface area contributed by atoms with Crippen LogP contribution in [0.2, 0.25) is 0 Å². The van der Waals surface area contributed by atoms with Crippen molar-refractivity contribution in [3.63, 3.8) is 0 Å². The van der Waals surface area contributed by atoms with Gasteiger partial charge in [-0.1, -0.05) is 102 Å². The van der Waals surface area contributed by atoms with Crippen molar-refractivity contribution >= 4 is 46.3 Å². The largest absolute Gasteiger partial charge is 0.462 e. The predicted octanol–water partition coefficient (Wildman–Crippen LogP) is 6.94. The fourth-order valence-electron chi connectivity index (χ4n) is 7.84. The van der Waals surface area contributed by atoms with Crippen molar-refractivity contribution in [1.29, 1.82) is 0 Å². The molecule has 0 aliphatic carbocycles. The normalized spacial score (nSPS) is 31.1. The van der Waals surface area contributed by atoms with E-state index in [1.165, 1.54) is 19.3 Å². The van der Waals surface area contributed by atoms with Gasteiger partial charge in [-0.2, -0.15) is 0 Å². The molecule has 414 valence electrons. The summed E-state index contributed by atoms with van der Waals surface area (Å²) in [6.07, 6.45) is 6.76. The topological polar surface area (TPSA) is 243 Å². The predicted molar refractivity (Wildman–Crippen MR) is 272 cm³/mol. The minimum Gasteiger partial charge on any atom is -0.462 e. The van der Waals surface area contributed by atoms with Gasteiger partial charge >= 0.3 is 11.9 Å². The number of hydrogen-bond acceptors (Lipinski definition) is 15. The zero-order chi connectivity index (χ0) is 54.8. The Kier molecular flexibility index (Phi) is 37.7. The van der Waals surface area contributed by atoms with Crippen molar-refractivity contribution in [2.75, 3.05) is 39.4 Å². The molecule has 0 aromatic heterocycles. The van der Waals surface area contributed by atoms with Crippen molar-refractivity contribution in [3.8, 4) is 0 Å². The second kappa shape index (κ2) is 39.7. The van der Waals surface area contributed by atoms with E-state index < -0.39 is 86.7 Å². The van der Waals surface area contributed by atoms with Gasteiger partial charge in [0, 0.05) is 82.1 Å². The minimum absolute atomic E-state index is 0.00112. The molecular weight excluding hydrogens is 964 g/mol. The molecule has 1 amide bonds. The first-order valence-corrected chi connectivity index (χ1v) is 26.3. The Bertz CT molecular complexity index is 1710. The van der Waals surface area contributed by atoms with Crippen molar-refractivity contribution in [3.05, 3.63) is 48.1 Å². The molecule has 15 nitrogen and oxygen atoms in total. The van der Waals surface area contributed by atoms with Crippen LogP contribution in [-0.4, -0.2) is 148 Å². The van der Waals surface area contributed by atoms with Gasteiger partial charge in [-0.3, -0.25) is 41.9 Å². The monoisotopic (exact) mass is 1050 g/mol. The van der Waals surface area contributed by atoms with Crippen molar-refractivity contribution < 1.29 is 81.7 Å². The Hall–Kier alpha value is -3.72. The lowest BCUT2D eigenvalue weighted by molar-refractivity contribution is -0.158. The molecule has 0 saturated carbocycles. The maximum Gasteiger partial charge on any atom is 0.308 e. The smallest absolute Gasteiger partial charge is 0.308 e. The van der Waals surface area contributed by atoms with E-state index in [-0.39, 0.29) is 84.8 Å². The molecule has 0 bridgehead atoms. The number of ketones is 2. The summed E-state index contributed by atoms with van der Waals surface area (Å²) in [5, 5.41) is 53.8. The average Bonchev–Trinajstić information content (AvgIpc) is 3.33. The maximum absolute atomic E-state index is 12.8. The number of aliphatic hydroxyl groups excluding tert-OH is 5. The number of amides is 1. The van der Waals surface area contributed by atoms with E-state index in [1.54, 1.807) is 45.1 Å². The van der Waals surface area contributed by atoms with Crippen LogP contribution in [0.5, 0.6) is 0 Å². The highest BCUT2D eigenvalue weighted by Crippen LogP contribution is 2.29. The molecule has 0 radical (unpaired) electrons. The zero-order valence-corrected chi connectivity index (χ0v) is 44.5. The quantitative estimate of drug-likeness (QED) is 0.0719. The van der Waals surface area contributed by atoms with E-state index in [1.807, 2.05) is 33.8 Å². The summed E-state index contributed by atoms with van der Waals surface area (Å²) in [7, 11) is 1.35. The number of ether oxygens (including phenoxy) is 3. The number of hydrogen-bond donors (Lipinski definition) is 6. The van der Waals surface area contributed by atoms with Crippen LogP contribution in [0.1, 0.15) is 132 Å². The number of cyclic esters (lactones) is 2. The maximum atomic E-state index is 12.8. The Labute approximate surface area is 429 Å². The number of alkyl halides is 3. The Morgan fingerprint density at radius 3 is 1.85 bits per heavy atom. The second-order valence-electron chi connectivity index (χ2n) is 18.5. The molecule has 2 aliphatic heterocycles. The number of carbonyl (C=O) groups excluding carboxylic acids is 6. The van der Waals surface area contributed by atoms with Crippen LogP contribution in [0.15, 0.2) is 48.1 Å². The summed E-state index contributed by atoms with van der Waals surface area (Å²) in [5.74, 6) is -2.51. The number of esters is 2. The molecule has 0 spiro atoms. The number of nitrogens with one attached hydrogen (secondary N) is 1. The zero-order valence-electron chi connectivity index (χ0n) is 43.7. The average molecular weight is 1050 g/mol. The molecule has 0 aromatic carbocycles. The SMILES string of the molecule is CCC(=O)NCCSC(=O)C[C@H](O)CCF.CC[C@H]1C[C@@H](C)C(=O)/C=C/C(C)=C/C[C@@H](CCF)OC(=O)C[C@@H](O)[C@H](C)[C@H]1O.CC[C@H]1C[C@@H](C)C(=O)/C=C/C=C/C[C@@H](CCF)OC(=O)C[C@@H](O)C(OC)[C@H]1O. The Morgan fingerprint density at radius 1 is 0.778 bits per heavy atom. The molecule has 19 heteroatoms. The first-order chi connectivity index (χ1) is 34.1. The molecule has 6 N–H and O–H groups in total. The number of aliphatic hydroxyl groups is 5. The lowest BCUT2D eigenvalue weighted by Crippen LogP contribution is -2.45. The number of allylic oxidation sites excluding steroid dienone is 6. The fraction of sp³-hybridized carbons (Fsp3) is 0.736. The van der Waals surface area contributed by atoms with E-state index in [0.717, 1.165) is 17.3 Å². The molecule has 1 unspecified atom stereocenters. The van der Waals surface area contributed by atoms with Crippen molar-refractivity contribution in [2.24, 2.45) is 29.6 Å². The van der Waals surface area contributed by atoms with Gasteiger partial charge in [0.25, 0.3) is 0 Å². The fourth-order valence-corrected chi connectivity index (χ4v) is 8.58. The van der Waals surface area contributed by atoms with E-state index in [9.17, 15) is 62.4 Å². The number of rotatable bonds is 15. The number of halogens is 3. The first-order valence-electron chi connectivity index (χ1n) is 25.3. The first kappa shape index (κ1) is 68.3. The third-order valence-electron chi connectivity index (χ3n) is 12.6. The van der Waals surface area contributed by atoms with Gasteiger partial charge in [0.2, 0.25) is 5.91 Å². The van der Waals surface area contributed by atoms with Crippen LogP contribution in [0.4, 0.5) is 13.2 Å². The summed E-state index contributed by atoms with van der Waals surface area (Å²) >= 11 is 1.05. The summed E-state index contributed by atoms with van der Waals surface area (Å²) in [4.78, 5) is 71.1. The molecule has 2 heterocycles. The number of carbonyl (C=O) groups is 6. The van der Waals surface area contributed by atoms with Crippen LogP contribution in [0, 0.1) is 29.6 Å². The van der Waals surface area contributed by atoms with Crippen molar-refractivity contribution in [2.45, 2.75) is 181 Å². The number of thioether (sulfide) groups is 1. The highest BCUT2D eigenvalue weighted by molar-refractivity contribution is 8.13. The van der Waals surface area contributed by atoms with Gasteiger partial charge in [0.15, 0.2) is 16.7 Å². The molecule has 0 saturated heterocycles. The number of methoxy groups -OCH3 is 1. The molecule has 0 aromatic rings. The molecule has 0 fully saturated rings. The third kappa shape index (κ3) is 29.2. The van der Waals surface area contributed by atoms with Gasteiger partial charge < -0.3 is 45.1 Å². The van der Waals surface area contributed by atoms with Gasteiger partial charge in [0.05, 0.1) is 63.4 Å². The van der Waals surface area contributed by atoms with Crippen molar-refractivity contribution in [1.82, 2.24) is 5.32 Å². The van der Waals surface area contributed by atoms with E-state index in [2.05, 4.69) is 5.32 Å². The standard InChI is InChI=1S/C22H35FO5.C21H33FO6.C10H18FNO3S/c1-5-17-12-15(3)19(24)9-7-14(2)6-8-18(10-11-23)28-21(26)13-20(25)16(4)22(17)27;1-4-15-12-14(2)17(23)9-7-5-6-8-16(10-11-22)28-19(25)13-18(24)21(27-3)20(15)26;1-2-9(14)12-5-6-16-10(15)7-8(13)3-4-11/h6-7,9,15-18,20,22,25,27H,5,8,10-13H2,1-4H3;5-7,9,14-16,18,20-21,24,26H,4,8,10-13H2,1-3H3;8,13H,2-7H2,1H3,(H,12,14)/b9-7+,14-6+;6-5+,9-7+;/t15-,16+,17+,18+,20-,22-;14-,15+,16+,18-,20+,21?;8-/m111/s1. The lowest BCUT2D eigenvalue weighted by Gasteiger charge is -2.32. The lowest BCUT2D eigenvalue weighted by atomic mass is 9.80. The van der Waals surface area contributed by atoms with Gasteiger partial charge in [-0.25, -0.2) is 0 Å². The molecular formula is C53H86F3NO14S. The molecule has 2 rings (SSSR count). The highest BCUT2D eigenvalue weighted by atomic mass is 32.2. The van der Waals surface area contributed by atoms with Crippen LogP contribution in [-0.2, 0) is 43.0 Å². The van der Waals surface area contributed by atoms with Crippen LogP contribution < -0.4 is 5.32 Å². The minimum atomic E-state index is -1.28. The Balaban J connectivity index is 0.00000109. The van der Waals surface area contributed by atoms with Gasteiger partial charge in [0.1, 0.15) is 18.3 Å². The van der Waals surface area contributed by atoms with Crippen LogP contribution in [0.25, 0.3) is 0 Å². The summed E-state index contributed by atoms with van der Waals surface area (Å²) in [6.45, 7) is 11.3. The van der Waals surface area contributed by atoms with E-state index in [4.69, 9.17) is 19.3 Å². The Morgan fingerprint density at radius 2 is 1.32 bits per heavy atom. The van der Waals surface area contributed by atoms with Crippen LogP contribution >= 0.6 is 11.8 Å².